The van der Waals surface area contributed by atoms with Gasteiger partial charge in [0.05, 0.1) is 5.54 Å². The van der Waals surface area contributed by atoms with Crippen molar-refractivity contribution < 1.29 is 31.1 Å². The monoisotopic (exact) mass is 425 g/mol. The Balaban J connectivity index is 2.10. The van der Waals surface area contributed by atoms with Gasteiger partial charge in [-0.25, -0.2) is 8.78 Å². The van der Waals surface area contributed by atoms with E-state index in [-0.39, 0.29) is 5.56 Å². The molecule has 3 aromatic carbocycles. The van der Waals surface area contributed by atoms with E-state index in [4.69, 9.17) is 0 Å². The van der Waals surface area contributed by atoms with Gasteiger partial charge in [0.2, 0.25) is 0 Å². The average molecular weight is 425 g/mol. The summed E-state index contributed by atoms with van der Waals surface area (Å²) in [5.74, 6) is -2.23. The summed E-state index contributed by atoms with van der Waals surface area (Å²) < 4.78 is 83.5. The van der Waals surface area contributed by atoms with Crippen molar-refractivity contribution in [3.05, 3.63) is 95.6 Å². The molecule has 0 saturated carbocycles. The van der Waals surface area contributed by atoms with E-state index in [1.54, 1.807) is 37.3 Å². The van der Waals surface area contributed by atoms with Crippen molar-refractivity contribution in [1.82, 2.24) is 0 Å². The molecule has 8 heteroatoms. The van der Waals surface area contributed by atoms with Gasteiger partial charge in [0.1, 0.15) is 17.4 Å². The fourth-order valence-electron chi connectivity index (χ4n) is 3.02. The first kappa shape index (κ1) is 21.5. The molecular weight excluding hydrogens is 408 g/mol. The molecule has 1 atom stereocenters. The Bertz CT molecular complexity index is 994. The molecule has 0 aliphatic rings. The summed E-state index contributed by atoms with van der Waals surface area (Å²) in [6, 6.07) is 16.7. The highest BCUT2D eigenvalue weighted by Gasteiger charge is 2.44. The number of alkyl halides is 4. The summed E-state index contributed by atoms with van der Waals surface area (Å²) >= 11 is 0. The molecule has 1 N–H and O–H groups in total. The largest absolute Gasteiger partial charge is 0.461 e. The van der Waals surface area contributed by atoms with E-state index < -0.39 is 35.5 Å². The maximum Gasteiger partial charge on any atom is 0.461 e. The van der Waals surface area contributed by atoms with Crippen molar-refractivity contribution >= 4 is 5.69 Å². The van der Waals surface area contributed by atoms with Gasteiger partial charge in [0.15, 0.2) is 0 Å². The van der Waals surface area contributed by atoms with E-state index in [0.717, 1.165) is 12.1 Å². The highest BCUT2D eigenvalue weighted by molar-refractivity contribution is 5.53. The molecule has 0 aliphatic heterocycles. The number of nitrogens with one attached hydrogen (secondary N) is 1. The van der Waals surface area contributed by atoms with E-state index in [0.29, 0.717) is 17.3 Å². The number of rotatable bonds is 7. The van der Waals surface area contributed by atoms with Crippen molar-refractivity contribution in [2.24, 2.45) is 0 Å². The first-order valence-corrected chi connectivity index (χ1v) is 8.85. The van der Waals surface area contributed by atoms with E-state index in [2.05, 4.69) is 10.1 Å². The number of para-hydroxylation sites is 1. The van der Waals surface area contributed by atoms with E-state index in [1.165, 1.54) is 24.3 Å². The van der Waals surface area contributed by atoms with Crippen LogP contribution in [0.15, 0.2) is 72.8 Å². The zero-order chi connectivity index (χ0) is 21.9. The van der Waals surface area contributed by atoms with Gasteiger partial charge in [0.25, 0.3) is 0 Å². The van der Waals surface area contributed by atoms with E-state index in [9.17, 15) is 26.3 Å². The van der Waals surface area contributed by atoms with Gasteiger partial charge in [-0.2, -0.15) is 17.6 Å². The van der Waals surface area contributed by atoms with Crippen LogP contribution in [0.25, 0.3) is 0 Å². The molecule has 0 amide bonds. The summed E-state index contributed by atoms with van der Waals surface area (Å²) in [5.41, 5.74) is -0.0491. The molecular formula is C22H17F6NO. The predicted octanol–water partition coefficient (Wildman–Crippen LogP) is 6.58. The molecule has 2 nitrogen and oxygen atoms in total. The Morgan fingerprint density at radius 2 is 1.43 bits per heavy atom. The smallest absolute Gasteiger partial charge is 0.428 e. The van der Waals surface area contributed by atoms with Crippen LogP contribution in [-0.4, -0.2) is 12.5 Å². The van der Waals surface area contributed by atoms with Gasteiger partial charge in [-0.1, -0.05) is 30.3 Å². The van der Waals surface area contributed by atoms with Crippen LogP contribution in [0.4, 0.5) is 32.0 Å². The van der Waals surface area contributed by atoms with Crippen molar-refractivity contribution in [2.75, 3.05) is 5.32 Å². The summed E-state index contributed by atoms with van der Waals surface area (Å²) in [6.07, 6.45) is -8.88. The van der Waals surface area contributed by atoms with Crippen LogP contribution < -0.4 is 10.1 Å². The lowest BCUT2D eigenvalue weighted by molar-refractivity contribution is -0.253. The number of benzene rings is 3. The minimum atomic E-state index is -4.79. The molecule has 0 aromatic heterocycles. The molecule has 30 heavy (non-hydrogen) atoms. The zero-order valence-corrected chi connectivity index (χ0v) is 15.7. The minimum absolute atomic E-state index is 0.109. The Labute approximate surface area is 169 Å². The SMILES string of the molecule is C[C@@](Nc1ccccc1)(c1ccc(F)cc1)c1cc(F)cc(OC(F)(F)C(F)F)c1. The number of anilines is 1. The van der Waals surface area contributed by atoms with E-state index in [1.807, 2.05) is 0 Å². The van der Waals surface area contributed by atoms with Gasteiger partial charge in [-0.15, -0.1) is 0 Å². The van der Waals surface area contributed by atoms with Crippen molar-refractivity contribution in [3.8, 4) is 5.75 Å². The van der Waals surface area contributed by atoms with Crippen LogP contribution in [0.1, 0.15) is 18.1 Å². The number of hydrogen-bond acceptors (Lipinski definition) is 2. The zero-order valence-electron chi connectivity index (χ0n) is 15.7. The van der Waals surface area contributed by atoms with Crippen LogP contribution in [-0.2, 0) is 5.54 Å². The summed E-state index contributed by atoms with van der Waals surface area (Å²) in [4.78, 5) is 0. The third-order valence-corrected chi connectivity index (χ3v) is 4.55. The third kappa shape index (κ3) is 4.69. The fourth-order valence-corrected chi connectivity index (χ4v) is 3.02. The second kappa shape index (κ2) is 8.30. The van der Waals surface area contributed by atoms with Crippen molar-refractivity contribution in [1.29, 1.82) is 0 Å². The number of halogens is 6. The maximum atomic E-state index is 14.3. The van der Waals surface area contributed by atoms with Gasteiger partial charge in [0, 0.05) is 11.8 Å². The second-order valence-electron chi connectivity index (χ2n) is 6.76. The summed E-state index contributed by atoms with van der Waals surface area (Å²) in [7, 11) is 0. The quantitative estimate of drug-likeness (QED) is 0.432. The average Bonchev–Trinajstić information content (AvgIpc) is 2.68. The fraction of sp³-hybridized carbons (Fsp3) is 0.182. The summed E-state index contributed by atoms with van der Waals surface area (Å²) in [5, 5.41) is 3.17. The molecule has 0 bridgehead atoms. The Morgan fingerprint density at radius 3 is 2.03 bits per heavy atom. The topological polar surface area (TPSA) is 21.3 Å². The first-order valence-electron chi connectivity index (χ1n) is 8.85. The lowest BCUT2D eigenvalue weighted by atomic mass is 9.84. The van der Waals surface area contributed by atoms with Gasteiger partial charge in [-0.05, 0) is 54.4 Å². The molecule has 158 valence electrons. The van der Waals surface area contributed by atoms with Crippen LogP contribution in [0.5, 0.6) is 5.75 Å². The second-order valence-corrected chi connectivity index (χ2v) is 6.76. The van der Waals surface area contributed by atoms with Crippen LogP contribution in [0.3, 0.4) is 0 Å². The summed E-state index contributed by atoms with van der Waals surface area (Å²) in [6.45, 7) is 1.62. The van der Waals surface area contributed by atoms with Crippen LogP contribution in [0, 0.1) is 11.6 Å². The standard InChI is InChI=1S/C22H17F6NO/c1-21(14-7-9-16(23)10-8-14,29-18-5-3-2-4-6-18)15-11-17(24)13-19(12-15)30-22(27,28)20(25)26/h2-13,20,29H,1H3/t21-/m1/s1. The van der Waals surface area contributed by atoms with Crippen LogP contribution >= 0.6 is 0 Å². The van der Waals surface area contributed by atoms with Crippen molar-refractivity contribution in [2.45, 2.75) is 25.0 Å². The molecule has 0 radical (unpaired) electrons. The Morgan fingerprint density at radius 1 is 0.800 bits per heavy atom. The molecule has 0 saturated heterocycles. The number of hydrogen-bond donors (Lipinski definition) is 1. The molecule has 0 spiro atoms. The highest BCUT2D eigenvalue weighted by Crippen LogP contribution is 2.37. The lowest BCUT2D eigenvalue weighted by Crippen LogP contribution is -2.35. The molecule has 0 heterocycles. The molecule has 0 aliphatic carbocycles. The van der Waals surface area contributed by atoms with Crippen LogP contribution in [0.2, 0.25) is 0 Å². The third-order valence-electron chi connectivity index (χ3n) is 4.55. The highest BCUT2D eigenvalue weighted by atomic mass is 19.3. The van der Waals surface area contributed by atoms with Gasteiger partial charge < -0.3 is 10.1 Å². The van der Waals surface area contributed by atoms with Gasteiger partial charge in [-0.3, -0.25) is 0 Å². The Kier molecular flexibility index (Phi) is 5.96. The lowest BCUT2D eigenvalue weighted by Gasteiger charge is -2.34. The van der Waals surface area contributed by atoms with E-state index >= 15 is 0 Å². The molecule has 0 fully saturated rings. The first-order chi connectivity index (χ1) is 14.1. The number of ether oxygens (including phenoxy) is 1. The Hall–Kier alpha value is -3.16. The normalized spacial score (nSPS) is 13.7. The predicted molar refractivity (Wildman–Crippen MR) is 101 cm³/mol. The molecule has 0 unspecified atom stereocenters. The molecule has 3 rings (SSSR count). The maximum absolute atomic E-state index is 14.3. The van der Waals surface area contributed by atoms with Gasteiger partial charge >= 0.3 is 12.5 Å². The minimum Gasteiger partial charge on any atom is -0.428 e. The molecule has 3 aromatic rings. The van der Waals surface area contributed by atoms with Crippen molar-refractivity contribution in [3.63, 3.8) is 0 Å².